The van der Waals surface area contributed by atoms with Gasteiger partial charge in [0.2, 0.25) is 0 Å². The fourth-order valence-corrected chi connectivity index (χ4v) is 1.83. The second kappa shape index (κ2) is 5.36. The molecule has 1 heterocycles. The molecule has 1 aromatic carbocycles. The van der Waals surface area contributed by atoms with E-state index in [1.165, 1.54) is 29.7 Å². The van der Waals surface area contributed by atoms with Crippen molar-refractivity contribution < 1.29 is 9.18 Å². The standard InChI is InChI=1S/C12H9FN2OS/c13-10-4-1-3-9(7-10)8-14-15-12(16)11-5-2-6-17-11/h1-8H,(H,15,16)/b14-8-. The summed E-state index contributed by atoms with van der Waals surface area (Å²) in [4.78, 5) is 12.1. The van der Waals surface area contributed by atoms with Crippen LogP contribution >= 0.6 is 11.3 Å². The monoisotopic (exact) mass is 248 g/mol. The van der Waals surface area contributed by atoms with Gasteiger partial charge >= 0.3 is 0 Å². The van der Waals surface area contributed by atoms with Crippen molar-refractivity contribution >= 4 is 23.5 Å². The van der Waals surface area contributed by atoms with Crippen LogP contribution in [0.3, 0.4) is 0 Å². The van der Waals surface area contributed by atoms with Crippen LogP contribution in [0.2, 0.25) is 0 Å². The summed E-state index contributed by atoms with van der Waals surface area (Å²) in [5.41, 5.74) is 2.97. The molecule has 2 rings (SSSR count). The van der Waals surface area contributed by atoms with Crippen LogP contribution in [0, 0.1) is 5.82 Å². The molecule has 0 saturated carbocycles. The average molecular weight is 248 g/mol. The molecule has 1 amide bonds. The maximum atomic E-state index is 12.8. The summed E-state index contributed by atoms with van der Waals surface area (Å²) in [5, 5.41) is 5.56. The lowest BCUT2D eigenvalue weighted by Crippen LogP contribution is -2.16. The fraction of sp³-hybridized carbons (Fsp3) is 0. The van der Waals surface area contributed by atoms with Crippen LogP contribution in [0.25, 0.3) is 0 Å². The largest absolute Gasteiger partial charge is 0.281 e. The lowest BCUT2D eigenvalue weighted by atomic mass is 10.2. The van der Waals surface area contributed by atoms with Gasteiger partial charge in [-0.1, -0.05) is 18.2 Å². The molecule has 1 N–H and O–H groups in total. The molecule has 5 heteroatoms. The molecule has 0 unspecified atom stereocenters. The zero-order valence-corrected chi connectivity index (χ0v) is 9.58. The van der Waals surface area contributed by atoms with Crippen LogP contribution in [0.15, 0.2) is 46.9 Å². The molecule has 2 aromatic rings. The molecule has 0 aliphatic carbocycles. The fourth-order valence-electron chi connectivity index (χ4n) is 1.22. The van der Waals surface area contributed by atoms with Crippen molar-refractivity contribution in [3.8, 4) is 0 Å². The molecule has 3 nitrogen and oxygen atoms in total. The summed E-state index contributed by atoms with van der Waals surface area (Å²) in [5.74, 6) is -0.605. The molecule has 0 bridgehead atoms. The van der Waals surface area contributed by atoms with Crippen molar-refractivity contribution in [2.45, 2.75) is 0 Å². The summed E-state index contributed by atoms with van der Waals surface area (Å²) in [6.45, 7) is 0. The van der Waals surface area contributed by atoms with Gasteiger partial charge in [-0.05, 0) is 29.1 Å². The molecular weight excluding hydrogens is 239 g/mol. The minimum atomic E-state index is -0.335. The van der Waals surface area contributed by atoms with Gasteiger partial charge in [0.1, 0.15) is 5.82 Å². The number of nitrogens with one attached hydrogen (secondary N) is 1. The number of carbonyl (C=O) groups is 1. The van der Waals surface area contributed by atoms with Crippen molar-refractivity contribution in [3.05, 3.63) is 58.0 Å². The molecule has 0 atom stereocenters. The Hall–Kier alpha value is -2.01. The Kier molecular flexibility index (Phi) is 3.62. The van der Waals surface area contributed by atoms with Gasteiger partial charge in [0.25, 0.3) is 5.91 Å². The first-order chi connectivity index (χ1) is 8.25. The highest BCUT2D eigenvalue weighted by atomic mass is 32.1. The van der Waals surface area contributed by atoms with Crippen LogP contribution in [0.5, 0.6) is 0 Å². The number of nitrogens with zero attached hydrogens (tertiary/aromatic N) is 1. The predicted octanol–water partition coefficient (Wildman–Crippen LogP) is 2.65. The Morgan fingerprint density at radius 3 is 2.94 bits per heavy atom. The van der Waals surface area contributed by atoms with Gasteiger partial charge in [-0.15, -0.1) is 11.3 Å². The molecule has 0 radical (unpaired) electrons. The van der Waals surface area contributed by atoms with E-state index >= 15 is 0 Å². The van der Waals surface area contributed by atoms with E-state index in [1.807, 2.05) is 5.38 Å². The van der Waals surface area contributed by atoms with E-state index in [2.05, 4.69) is 10.5 Å². The van der Waals surface area contributed by atoms with E-state index in [0.717, 1.165) is 0 Å². The Balaban J connectivity index is 1.96. The second-order valence-electron chi connectivity index (χ2n) is 3.23. The number of hydrazone groups is 1. The highest BCUT2D eigenvalue weighted by Gasteiger charge is 2.03. The topological polar surface area (TPSA) is 41.5 Å². The first kappa shape index (κ1) is 11.5. The maximum Gasteiger partial charge on any atom is 0.281 e. The third-order valence-electron chi connectivity index (χ3n) is 1.97. The Bertz CT molecular complexity index is 537. The lowest BCUT2D eigenvalue weighted by molar-refractivity contribution is 0.0959. The van der Waals surface area contributed by atoms with Gasteiger partial charge in [0, 0.05) is 0 Å². The van der Waals surface area contributed by atoms with E-state index in [0.29, 0.717) is 10.4 Å². The van der Waals surface area contributed by atoms with Crippen LogP contribution in [0.1, 0.15) is 15.2 Å². The first-order valence-corrected chi connectivity index (χ1v) is 5.76. The predicted molar refractivity (Wildman–Crippen MR) is 65.8 cm³/mol. The summed E-state index contributed by atoms with van der Waals surface area (Å²) in [6, 6.07) is 9.46. The molecule has 17 heavy (non-hydrogen) atoms. The molecule has 0 aliphatic heterocycles. The van der Waals surface area contributed by atoms with Crippen molar-refractivity contribution in [2.24, 2.45) is 5.10 Å². The molecule has 0 aliphatic rings. The molecule has 0 spiro atoms. The Labute approximate surface area is 102 Å². The van der Waals surface area contributed by atoms with Crippen molar-refractivity contribution in [1.82, 2.24) is 5.43 Å². The van der Waals surface area contributed by atoms with E-state index in [-0.39, 0.29) is 11.7 Å². The van der Waals surface area contributed by atoms with Crippen molar-refractivity contribution in [1.29, 1.82) is 0 Å². The van der Waals surface area contributed by atoms with Gasteiger partial charge in [0.15, 0.2) is 0 Å². The highest BCUT2D eigenvalue weighted by Crippen LogP contribution is 2.07. The molecule has 1 aromatic heterocycles. The quantitative estimate of drug-likeness (QED) is 0.658. The average Bonchev–Trinajstić information content (AvgIpc) is 2.82. The highest BCUT2D eigenvalue weighted by molar-refractivity contribution is 7.12. The normalized spacial score (nSPS) is 10.6. The lowest BCUT2D eigenvalue weighted by Gasteiger charge is -1.96. The number of rotatable bonds is 3. The zero-order chi connectivity index (χ0) is 12.1. The van der Waals surface area contributed by atoms with Gasteiger partial charge in [-0.25, -0.2) is 9.82 Å². The number of carbonyl (C=O) groups excluding carboxylic acids is 1. The van der Waals surface area contributed by atoms with Crippen molar-refractivity contribution in [3.63, 3.8) is 0 Å². The van der Waals surface area contributed by atoms with Crippen LogP contribution < -0.4 is 5.43 Å². The number of hydrogen-bond donors (Lipinski definition) is 1. The van der Waals surface area contributed by atoms with Gasteiger partial charge in [0.05, 0.1) is 11.1 Å². The summed E-state index contributed by atoms with van der Waals surface area (Å²) in [7, 11) is 0. The van der Waals surface area contributed by atoms with Crippen LogP contribution in [-0.4, -0.2) is 12.1 Å². The zero-order valence-electron chi connectivity index (χ0n) is 8.76. The third kappa shape index (κ3) is 3.22. The maximum absolute atomic E-state index is 12.8. The van der Waals surface area contributed by atoms with Crippen LogP contribution in [-0.2, 0) is 0 Å². The number of halogens is 1. The molecular formula is C12H9FN2OS. The minimum Gasteiger partial charge on any atom is -0.266 e. The number of amides is 1. The molecule has 0 saturated heterocycles. The third-order valence-corrected chi connectivity index (χ3v) is 2.84. The summed E-state index contributed by atoms with van der Waals surface area (Å²) in [6.07, 6.45) is 1.40. The first-order valence-electron chi connectivity index (χ1n) is 4.88. The Morgan fingerprint density at radius 2 is 2.24 bits per heavy atom. The van der Waals surface area contributed by atoms with Gasteiger partial charge < -0.3 is 0 Å². The van der Waals surface area contributed by atoms with E-state index in [9.17, 15) is 9.18 Å². The SMILES string of the molecule is O=C(N/N=C\c1cccc(F)c1)c1cccs1. The van der Waals surface area contributed by atoms with Crippen molar-refractivity contribution in [2.75, 3.05) is 0 Å². The van der Waals surface area contributed by atoms with Gasteiger partial charge in [-0.3, -0.25) is 4.79 Å². The summed E-state index contributed by atoms with van der Waals surface area (Å²) >= 11 is 1.33. The number of benzene rings is 1. The summed E-state index contributed by atoms with van der Waals surface area (Å²) < 4.78 is 12.8. The van der Waals surface area contributed by atoms with E-state index < -0.39 is 0 Å². The smallest absolute Gasteiger partial charge is 0.266 e. The minimum absolute atomic E-state index is 0.271. The van der Waals surface area contributed by atoms with E-state index in [4.69, 9.17) is 0 Å². The van der Waals surface area contributed by atoms with Gasteiger partial charge in [-0.2, -0.15) is 5.10 Å². The molecule has 86 valence electrons. The van der Waals surface area contributed by atoms with Crippen LogP contribution in [0.4, 0.5) is 4.39 Å². The van der Waals surface area contributed by atoms with E-state index in [1.54, 1.807) is 24.3 Å². The Morgan fingerprint density at radius 1 is 1.35 bits per heavy atom. The number of hydrogen-bond acceptors (Lipinski definition) is 3. The molecule has 0 fully saturated rings. The number of thiophene rings is 1. The second-order valence-corrected chi connectivity index (χ2v) is 4.18.